The molecule has 1 fully saturated rings. The second kappa shape index (κ2) is 9.98. The van der Waals surface area contributed by atoms with Gasteiger partial charge in [-0.05, 0) is 37.5 Å². The first-order chi connectivity index (χ1) is 14.7. The van der Waals surface area contributed by atoms with E-state index in [1.54, 1.807) is 11.3 Å². The molecule has 1 aliphatic rings. The van der Waals surface area contributed by atoms with E-state index in [0.29, 0.717) is 6.54 Å². The lowest BCUT2D eigenvalue weighted by Crippen LogP contribution is -2.37. The minimum absolute atomic E-state index is 0.0180. The van der Waals surface area contributed by atoms with E-state index in [1.165, 1.54) is 5.56 Å². The Hall–Kier alpha value is -2.54. The summed E-state index contributed by atoms with van der Waals surface area (Å²) in [5.41, 5.74) is 3.94. The Kier molecular flexibility index (Phi) is 6.89. The number of nitrogens with one attached hydrogen (secondary N) is 1. The number of thiazole rings is 1. The predicted molar refractivity (Wildman–Crippen MR) is 122 cm³/mol. The Morgan fingerprint density at radius 1 is 1.23 bits per heavy atom. The van der Waals surface area contributed by atoms with Crippen molar-refractivity contribution in [3.05, 3.63) is 70.5 Å². The van der Waals surface area contributed by atoms with Crippen LogP contribution in [0.1, 0.15) is 23.4 Å². The topological polar surface area (TPSA) is 54.5 Å². The van der Waals surface area contributed by atoms with Crippen LogP contribution in [0.3, 0.4) is 0 Å². The highest BCUT2D eigenvalue weighted by atomic mass is 32.1. The molecule has 156 valence electrons. The van der Waals surface area contributed by atoms with E-state index >= 15 is 0 Å². The molecule has 4 rings (SSSR count). The maximum Gasteiger partial charge on any atom is 0.238 e. The van der Waals surface area contributed by atoms with E-state index in [-0.39, 0.29) is 12.0 Å². The van der Waals surface area contributed by atoms with Gasteiger partial charge in [-0.1, -0.05) is 42.5 Å². The molecule has 1 amide bonds. The third-order valence-corrected chi connectivity index (χ3v) is 5.94. The smallest absolute Gasteiger partial charge is 0.238 e. The lowest BCUT2D eigenvalue weighted by Gasteiger charge is -2.24. The van der Waals surface area contributed by atoms with Gasteiger partial charge in [-0.2, -0.15) is 0 Å². The summed E-state index contributed by atoms with van der Waals surface area (Å²) in [5, 5.41) is 6.13. The van der Waals surface area contributed by atoms with Crippen LogP contribution in [-0.4, -0.2) is 41.6 Å². The Labute approximate surface area is 181 Å². The van der Waals surface area contributed by atoms with Gasteiger partial charge in [0.2, 0.25) is 5.91 Å². The van der Waals surface area contributed by atoms with E-state index in [0.717, 1.165) is 54.5 Å². The maximum absolute atomic E-state index is 12.8. The van der Waals surface area contributed by atoms with E-state index in [4.69, 9.17) is 4.74 Å². The summed E-state index contributed by atoms with van der Waals surface area (Å²) in [6.07, 6.45) is 2.36. The highest BCUT2D eigenvalue weighted by Gasteiger charge is 2.21. The molecular weight excluding hydrogens is 394 g/mol. The minimum Gasteiger partial charge on any atom is -0.377 e. The molecule has 0 bridgehead atoms. The lowest BCUT2D eigenvalue weighted by atomic mass is 10.1. The molecule has 0 radical (unpaired) electrons. The van der Waals surface area contributed by atoms with E-state index in [2.05, 4.69) is 27.3 Å². The van der Waals surface area contributed by atoms with E-state index in [9.17, 15) is 4.79 Å². The van der Waals surface area contributed by atoms with Crippen molar-refractivity contribution in [1.29, 1.82) is 0 Å². The summed E-state index contributed by atoms with van der Waals surface area (Å²) in [7, 11) is 0. The van der Waals surface area contributed by atoms with Gasteiger partial charge in [-0.3, -0.25) is 9.69 Å². The quantitative estimate of drug-likeness (QED) is 0.571. The standard InChI is InChI=1S/C24H27N3O2S/c1-18-25-23(17-30-18)20-9-5-10-21(13-20)26-24(28)16-27(15-22-11-6-12-29-22)14-19-7-3-2-4-8-19/h2-5,7-10,13,17,22H,6,11-12,14-16H2,1H3,(H,26,28). The summed E-state index contributed by atoms with van der Waals surface area (Å²) < 4.78 is 5.81. The third kappa shape index (κ3) is 5.75. The van der Waals surface area contributed by atoms with Crippen molar-refractivity contribution < 1.29 is 9.53 Å². The molecule has 3 aromatic rings. The molecule has 5 nitrogen and oxygen atoms in total. The maximum atomic E-state index is 12.8. The fourth-order valence-electron chi connectivity index (χ4n) is 3.76. The van der Waals surface area contributed by atoms with Crippen molar-refractivity contribution in [2.24, 2.45) is 0 Å². The molecule has 0 saturated carbocycles. The van der Waals surface area contributed by atoms with Gasteiger partial charge in [0.25, 0.3) is 0 Å². The first-order valence-corrected chi connectivity index (χ1v) is 11.2. The van der Waals surface area contributed by atoms with Crippen LogP contribution in [0.25, 0.3) is 11.3 Å². The number of aromatic nitrogens is 1. The molecule has 1 saturated heterocycles. The van der Waals surface area contributed by atoms with Crippen LogP contribution in [0, 0.1) is 6.92 Å². The molecule has 2 heterocycles. The molecule has 2 aromatic carbocycles. The number of carbonyl (C=O) groups excluding carboxylic acids is 1. The molecule has 30 heavy (non-hydrogen) atoms. The zero-order valence-corrected chi connectivity index (χ0v) is 18.0. The van der Waals surface area contributed by atoms with Gasteiger partial charge in [0.1, 0.15) is 0 Å². The molecule has 1 N–H and O–H groups in total. The highest BCUT2D eigenvalue weighted by Crippen LogP contribution is 2.24. The van der Waals surface area contributed by atoms with Gasteiger partial charge in [0.15, 0.2) is 0 Å². The molecule has 1 unspecified atom stereocenters. The fourth-order valence-corrected chi connectivity index (χ4v) is 4.38. The number of ether oxygens (including phenoxy) is 1. The van der Waals surface area contributed by atoms with Gasteiger partial charge in [-0.15, -0.1) is 11.3 Å². The molecular formula is C24H27N3O2S. The zero-order chi connectivity index (χ0) is 20.8. The molecule has 0 aliphatic carbocycles. The minimum atomic E-state index is -0.0180. The van der Waals surface area contributed by atoms with Gasteiger partial charge < -0.3 is 10.1 Å². The summed E-state index contributed by atoms with van der Waals surface area (Å²) in [4.78, 5) is 19.5. The van der Waals surface area contributed by atoms with Crippen LogP contribution in [0.4, 0.5) is 5.69 Å². The van der Waals surface area contributed by atoms with Crippen LogP contribution < -0.4 is 5.32 Å². The zero-order valence-electron chi connectivity index (χ0n) is 17.2. The number of aryl methyl sites for hydroxylation is 1. The number of hydrogen-bond donors (Lipinski definition) is 1. The normalized spacial score (nSPS) is 16.1. The van der Waals surface area contributed by atoms with Crippen molar-refractivity contribution in [3.63, 3.8) is 0 Å². The SMILES string of the molecule is Cc1nc(-c2cccc(NC(=O)CN(Cc3ccccc3)CC3CCCO3)c2)cs1. The van der Waals surface area contributed by atoms with Gasteiger partial charge in [0, 0.05) is 36.3 Å². The van der Waals surface area contributed by atoms with Crippen molar-refractivity contribution in [3.8, 4) is 11.3 Å². The summed E-state index contributed by atoms with van der Waals surface area (Å²) >= 11 is 1.63. The summed E-state index contributed by atoms with van der Waals surface area (Å²) in [6.45, 7) is 4.63. The number of rotatable bonds is 8. The number of nitrogens with zero attached hydrogens (tertiary/aromatic N) is 2. The summed E-state index contributed by atoms with van der Waals surface area (Å²) in [6, 6.07) is 18.1. The number of anilines is 1. The lowest BCUT2D eigenvalue weighted by molar-refractivity contribution is -0.117. The Balaban J connectivity index is 1.41. The third-order valence-electron chi connectivity index (χ3n) is 5.16. The van der Waals surface area contributed by atoms with Gasteiger partial charge >= 0.3 is 0 Å². The molecule has 0 spiro atoms. The number of carbonyl (C=O) groups is 1. The second-order valence-electron chi connectivity index (χ2n) is 7.67. The monoisotopic (exact) mass is 421 g/mol. The van der Waals surface area contributed by atoms with Crippen LogP contribution in [-0.2, 0) is 16.1 Å². The van der Waals surface area contributed by atoms with Gasteiger partial charge in [0.05, 0.1) is 23.4 Å². The molecule has 1 aromatic heterocycles. The van der Waals surface area contributed by atoms with Crippen molar-refractivity contribution in [2.45, 2.75) is 32.4 Å². The van der Waals surface area contributed by atoms with E-state index < -0.39 is 0 Å². The second-order valence-corrected chi connectivity index (χ2v) is 8.73. The molecule has 6 heteroatoms. The predicted octanol–water partition coefficient (Wildman–Crippen LogP) is 4.74. The van der Waals surface area contributed by atoms with Gasteiger partial charge in [-0.25, -0.2) is 4.98 Å². The number of hydrogen-bond acceptors (Lipinski definition) is 5. The van der Waals surface area contributed by atoms with Crippen LogP contribution >= 0.6 is 11.3 Å². The van der Waals surface area contributed by atoms with Crippen molar-refractivity contribution >= 4 is 22.9 Å². The highest BCUT2D eigenvalue weighted by molar-refractivity contribution is 7.09. The number of amides is 1. The van der Waals surface area contributed by atoms with Crippen molar-refractivity contribution in [1.82, 2.24) is 9.88 Å². The fraction of sp³-hybridized carbons (Fsp3) is 0.333. The summed E-state index contributed by atoms with van der Waals surface area (Å²) in [5.74, 6) is -0.0180. The van der Waals surface area contributed by atoms with Crippen LogP contribution in [0.2, 0.25) is 0 Å². The van der Waals surface area contributed by atoms with Crippen LogP contribution in [0.15, 0.2) is 60.0 Å². The first-order valence-electron chi connectivity index (χ1n) is 10.4. The van der Waals surface area contributed by atoms with Crippen molar-refractivity contribution in [2.75, 3.05) is 25.0 Å². The molecule has 1 atom stereocenters. The average Bonchev–Trinajstić information content (AvgIpc) is 3.40. The van der Waals surface area contributed by atoms with Crippen LogP contribution in [0.5, 0.6) is 0 Å². The first kappa shape index (κ1) is 20.7. The largest absolute Gasteiger partial charge is 0.377 e. The average molecular weight is 422 g/mol. The van der Waals surface area contributed by atoms with E-state index in [1.807, 2.05) is 54.8 Å². The number of benzene rings is 2. The Morgan fingerprint density at radius 3 is 2.83 bits per heavy atom. The molecule has 1 aliphatic heterocycles. The Morgan fingerprint density at radius 2 is 2.10 bits per heavy atom. The Bertz CT molecular complexity index is 967.